The number of nitrogens with zero attached hydrogens (tertiary/aromatic N) is 3. The summed E-state index contributed by atoms with van der Waals surface area (Å²) in [5.74, 6) is 2.51. The molecule has 2 aromatic carbocycles. The molecule has 6 heteroatoms. The summed E-state index contributed by atoms with van der Waals surface area (Å²) in [6, 6.07) is 13.6. The average molecular weight is 390 g/mol. The molecule has 1 aliphatic heterocycles. The van der Waals surface area contributed by atoms with Gasteiger partial charge in [0.25, 0.3) is 5.91 Å². The van der Waals surface area contributed by atoms with Crippen LogP contribution >= 0.6 is 0 Å². The van der Waals surface area contributed by atoms with Crippen LogP contribution in [0.3, 0.4) is 0 Å². The Labute approximate surface area is 170 Å². The largest absolute Gasteiger partial charge is 0.483 e. The summed E-state index contributed by atoms with van der Waals surface area (Å²) in [6.07, 6.45) is 4.56. The molecule has 0 unspecified atom stereocenters. The molecule has 0 bridgehead atoms. The number of anilines is 1. The lowest BCUT2D eigenvalue weighted by molar-refractivity contribution is -0.118. The molecule has 3 aromatic rings. The normalized spacial score (nSPS) is 13.4. The predicted molar refractivity (Wildman–Crippen MR) is 113 cm³/mol. The standard InChI is InChI=1S/C23H26N4O2/c1-16-7-12-20(17(2)14-16)29-15-22(28)24-19-10-8-18(9-11-19)23-26-25-21-6-4-3-5-13-27(21)23/h7-12,14H,3-6,13,15H2,1-2H3,(H,24,28). The first-order valence-electron chi connectivity index (χ1n) is 10.1. The Hall–Kier alpha value is -3.15. The van der Waals surface area contributed by atoms with Crippen molar-refractivity contribution in [3.8, 4) is 17.1 Å². The highest BCUT2D eigenvalue weighted by molar-refractivity contribution is 5.92. The Morgan fingerprint density at radius 2 is 1.90 bits per heavy atom. The van der Waals surface area contributed by atoms with Crippen LogP contribution in [0.4, 0.5) is 5.69 Å². The number of fused-ring (bicyclic) bond motifs is 1. The second-order valence-electron chi connectivity index (χ2n) is 7.59. The van der Waals surface area contributed by atoms with Crippen molar-refractivity contribution >= 4 is 11.6 Å². The molecule has 0 saturated carbocycles. The van der Waals surface area contributed by atoms with Crippen LogP contribution in [0.1, 0.15) is 36.2 Å². The molecule has 6 nitrogen and oxygen atoms in total. The van der Waals surface area contributed by atoms with Gasteiger partial charge in [-0.25, -0.2) is 0 Å². The van der Waals surface area contributed by atoms with Crippen LogP contribution in [0.25, 0.3) is 11.4 Å². The van der Waals surface area contributed by atoms with Gasteiger partial charge in [-0.15, -0.1) is 10.2 Å². The molecule has 1 amide bonds. The molecule has 0 fully saturated rings. The van der Waals surface area contributed by atoms with Crippen LogP contribution in [0.2, 0.25) is 0 Å². The van der Waals surface area contributed by atoms with Crippen molar-refractivity contribution in [2.24, 2.45) is 0 Å². The first-order chi connectivity index (χ1) is 14.1. The predicted octanol–water partition coefficient (Wildman–Crippen LogP) is 4.31. The zero-order valence-electron chi connectivity index (χ0n) is 16.9. The fraction of sp³-hybridized carbons (Fsp3) is 0.348. The van der Waals surface area contributed by atoms with Gasteiger partial charge in [0.05, 0.1) is 0 Å². The first-order valence-corrected chi connectivity index (χ1v) is 10.1. The molecule has 1 N–H and O–H groups in total. The molecule has 0 saturated heterocycles. The van der Waals surface area contributed by atoms with Crippen molar-refractivity contribution < 1.29 is 9.53 Å². The lowest BCUT2D eigenvalue weighted by Crippen LogP contribution is -2.20. The van der Waals surface area contributed by atoms with E-state index in [0.29, 0.717) is 0 Å². The summed E-state index contributed by atoms with van der Waals surface area (Å²) in [7, 11) is 0. The summed E-state index contributed by atoms with van der Waals surface area (Å²) in [4.78, 5) is 12.2. The molecule has 0 aliphatic carbocycles. The van der Waals surface area contributed by atoms with Gasteiger partial charge in [0, 0.05) is 24.2 Å². The zero-order valence-corrected chi connectivity index (χ0v) is 16.9. The minimum Gasteiger partial charge on any atom is -0.483 e. The number of hydrogen-bond acceptors (Lipinski definition) is 4. The summed E-state index contributed by atoms with van der Waals surface area (Å²) >= 11 is 0. The Kier molecular flexibility index (Phi) is 5.60. The maximum Gasteiger partial charge on any atom is 0.262 e. The molecule has 150 valence electrons. The van der Waals surface area contributed by atoms with E-state index in [1.165, 1.54) is 18.4 Å². The number of aryl methyl sites for hydroxylation is 3. The zero-order chi connectivity index (χ0) is 20.2. The van der Waals surface area contributed by atoms with E-state index < -0.39 is 0 Å². The maximum absolute atomic E-state index is 12.2. The van der Waals surface area contributed by atoms with Gasteiger partial charge in [0.15, 0.2) is 12.4 Å². The SMILES string of the molecule is Cc1ccc(OCC(=O)Nc2ccc(-c3nnc4n3CCCCC4)cc2)c(C)c1. The number of benzene rings is 2. The molecule has 2 heterocycles. The van der Waals surface area contributed by atoms with E-state index in [4.69, 9.17) is 4.74 Å². The molecular weight excluding hydrogens is 364 g/mol. The number of carbonyl (C=O) groups is 1. The van der Waals surface area contributed by atoms with Crippen molar-refractivity contribution in [2.45, 2.75) is 46.1 Å². The Morgan fingerprint density at radius 1 is 1.07 bits per heavy atom. The van der Waals surface area contributed by atoms with Crippen molar-refractivity contribution in [2.75, 3.05) is 11.9 Å². The van der Waals surface area contributed by atoms with E-state index in [1.807, 2.05) is 56.3 Å². The van der Waals surface area contributed by atoms with Crippen molar-refractivity contribution in [3.05, 3.63) is 59.4 Å². The molecule has 1 aromatic heterocycles. The van der Waals surface area contributed by atoms with Gasteiger partial charge in [0.1, 0.15) is 11.6 Å². The number of amides is 1. The molecular formula is C23H26N4O2. The summed E-state index contributed by atoms with van der Waals surface area (Å²) < 4.78 is 7.87. The molecule has 0 atom stereocenters. The van der Waals surface area contributed by atoms with Crippen LogP contribution in [-0.2, 0) is 17.8 Å². The lowest BCUT2D eigenvalue weighted by atomic mass is 10.1. The van der Waals surface area contributed by atoms with Gasteiger partial charge in [0.2, 0.25) is 0 Å². The Balaban J connectivity index is 1.38. The molecule has 4 rings (SSSR count). The van der Waals surface area contributed by atoms with Gasteiger partial charge in [-0.3, -0.25) is 4.79 Å². The van der Waals surface area contributed by atoms with Gasteiger partial charge < -0.3 is 14.6 Å². The topological polar surface area (TPSA) is 69.0 Å². The molecule has 29 heavy (non-hydrogen) atoms. The minimum atomic E-state index is -0.186. The van der Waals surface area contributed by atoms with Crippen molar-refractivity contribution in [3.63, 3.8) is 0 Å². The summed E-state index contributed by atoms with van der Waals surface area (Å²) in [6.45, 7) is 4.95. The minimum absolute atomic E-state index is 0.0245. The molecule has 0 radical (unpaired) electrons. The third-order valence-corrected chi connectivity index (χ3v) is 5.23. The number of rotatable bonds is 5. The second kappa shape index (κ2) is 8.47. The average Bonchev–Trinajstić information content (AvgIpc) is 2.96. The number of aromatic nitrogens is 3. The lowest BCUT2D eigenvalue weighted by Gasteiger charge is -2.11. The van der Waals surface area contributed by atoms with Crippen molar-refractivity contribution in [1.82, 2.24) is 14.8 Å². The summed E-state index contributed by atoms with van der Waals surface area (Å²) in [5, 5.41) is 11.6. The monoisotopic (exact) mass is 390 g/mol. The fourth-order valence-electron chi connectivity index (χ4n) is 3.70. The number of ether oxygens (including phenoxy) is 1. The van der Waals surface area contributed by atoms with E-state index >= 15 is 0 Å². The van der Waals surface area contributed by atoms with Gasteiger partial charge >= 0.3 is 0 Å². The van der Waals surface area contributed by atoms with Crippen molar-refractivity contribution in [1.29, 1.82) is 0 Å². The van der Waals surface area contributed by atoms with Crippen LogP contribution in [0.5, 0.6) is 5.75 Å². The number of carbonyl (C=O) groups excluding carboxylic acids is 1. The van der Waals surface area contributed by atoms with Gasteiger partial charge in [-0.2, -0.15) is 0 Å². The fourth-order valence-corrected chi connectivity index (χ4v) is 3.70. The van der Waals surface area contributed by atoms with Crippen LogP contribution < -0.4 is 10.1 Å². The third kappa shape index (κ3) is 4.47. The first kappa shape index (κ1) is 19.2. The molecule has 0 spiro atoms. The second-order valence-corrected chi connectivity index (χ2v) is 7.59. The van der Waals surface area contributed by atoms with Crippen LogP contribution in [0, 0.1) is 13.8 Å². The Bertz CT molecular complexity index is 1010. The quantitative estimate of drug-likeness (QED) is 0.705. The van der Waals surface area contributed by atoms with E-state index in [-0.39, 0.29) is 12.5 Å². The number of hydrogen-bond donors (Lipinski definition) is 1. The Morgan fingerprint density at radius 3 is 2.69 bits per heavy atom. The smallest absolute Gasteiger partial charge is 0.262 e. The van der Waals surface area contributed by atoms with E-state index in [1.54, 1.807) is 0 Å². The van der Waals surface area contributed by atoms with E-state index in [0.717, 1.165) is 53.6 Å². The highest BCUT2D eigenvalue weighted by Gasteiger charge is 2.16. The summed E-state index contributed by atoms with van der Waals surface area (Å²) in [5.41, 5.74) is 3.94. The highest BCUT2D eigenvalue weighted by atomic mass is 16.5. The third-order valence-electron chi connectivity index (χ3n) is 5.23. The van der Waals surface area contributed by atoms with E-state index in [9.17, 15) is 4.79 Å². The maximum atomic E-state index is 12.2. The van der Waals surface area contributed by atoms with E-state index in [2.05, 4.69) is 20.1 Å². The van der Waals surface area contributed by atoms with Crippen LogP contribution in [0.15, 0.2) is 42.5 Å². The van der Waals surface area contributed by atoms with Gasteiger partial charge in [-0.1, -0.05) is 24.1 Å². The van der Waals surface area contributed by atoms with Gasteiger partial charge in [-0.05, 0) is 62.6 Å². The molecule has 1 aliphatic rings. The number of nitrogens with one attached hydrogen (secondary N) is 1. The van der Waals surface area contributed by atoms with Crippen LogP contribution in [-0.4, -0.2) is 27.3 Å². The highest BCUT2D eigenvalue weighted by Crippen LogP contribution is 2.24.